The van der Waals surface area contributed by atoms with E-state index in [-0.39, 0.29) is 5.82 Å². The normalized spacial score (nSPS) is 24.2. The summed E-state index contributed by atoms with van der Waals surface area (Å²) in [5.41, 5.74) is -0.110. The Labute approximate surface area is 139 Å². The molecule has 0 amide bonds. The smallest absolute Gasteiger partial charge is 0.131 e. The van der Waals surface area contributed by atoms with Gasteiger partial charge in [0.2, 0.25) is 0 Å². The number of halogens is 1. The first-order chi connectivity index (χ1) is 11.1. The van der Waals surface area contributed by atoms with E-state index in [9.17, 15) is 9.65 Å². The van der Waals surface area contributed by atoms with Crippen molar-refractivity contribution < 1.29 is 9.13 Å². The van der Waals surface area contributed by atoms with Gasteiger partial charge >= 0.3 is 0 Å². The van der Waals surface area contributed by atoms with Crippen molar-refractivity contribution in [2.75, 3.05) is 7.11 Å². The number of hydrogen-bond donors (Lipinski definition) is 0. The third kappa shape index (κ3) is 4.25. The van der Waals surface area contributed by atoms with Crippen LogP contribution in [0.2, 0.25) is 0 Å². The van der Waals surface area contributed by atoms with Gasteiger partial charge in [0.1, 0.15) is 11.6 Å². The Morgan fingerprint density at radius 1 is 1.26 bits per heavy atom. The monoisotopic (exact) mass is 317 g/mol. The van der Waals surface area contributed by atoms with Crippen LogP contribution in [0.5, 0.6) is 5.75 Å². The second kappa shape index (κ2) is 8.34. The lowest BCUT2D eigenvalue weighted by molar-refractivity contribution is 0.257. The third-order valence-corrected chi connectivity index (χ3v) is 5.33. The van der Waals surface area contributed by atoms with E-state index in [2.05, 4.69) is 13.0 Å². The zero-order valence-corrected chi connectivity index (χ0v) is 14.4. The molecule has 1 aliphatic rings. The van der Waals surface area contributed by atoms with Crippen LogP contribution in [-0.2, 0) is 5.41 Å². The number of benzene rings is 1. The Balaban J connectivity index is 2.00. The fourth-order valence-corrected chi connectivity index (χ4v) is 3.77. The van der Waals surface area contributed by atoms with Gasteiger partial charge in [0, 0.05) is 11.6 Å². The van der Waals surface area contributed by atoms with Gasteiger partial charge in [-0.25, -0.2) is 4.39 Å². The molecule has 0 heterocycles. The van der Waals surface area contributed by atoms with Crippen molar-refractivity contribution in [3.63, 3.8) is 0 Å². The maximum Gasteiger partial charge on any atom is 0.131 e. The molecule has 1 aliphatic carbocycles. The third-order valence-electron chi connectivity index (χ3n) is 5.33. The number of hydrogen-bond acceptors (Lipinski definition) is 2. The molecule has 1 fully saturated rings. The predicted octanol–water partition coefficient (Wildman–Crippen LogP) is 5.76. The molecule has 0 N–H and O–H groups in total. The van der Waals surface area contributed by atoms with Gasteiger partial charge in [-0.15, -0.1) is 0 Å². The van der Waals surface area contributed by atoms with Crippen LogP contribution in [0, 0.1) is 23.1 Å². The van der Waals surface area contributed by atoms with E-state index in [1.807, 2.05) is 0 Å². The second-order valence-corrected chi connectivity index (χ2v) is 6.83. The highest BCUT2D eigenvalue weighted by molar-refractivity contribution is 5.38. The van der Waals surface area contributed by atoms with Crippen molar-refractivity contribution in [2.45, 2.75) is 70.1 Å². The zero-order valence-electron chi connectivity index (χ0n) is 14.4. The fourth-order valence-electron chi connectivity index (χ4n) is 3.77. The number of methoxy groups -OCH3 is 1. The van der Waals surface area contributed by atoms with Crippen LogP contribution in [0.3, 0.4) is 0 Å². The van der Waals surface area contributed by atoms with Crippen molar-refractivity contribution in [1.29, 1.82) is 5.26 Å². The highest BCUT2D eigenvalue weighted by Gasteiger charge is 2.38. The quantitative estimate of drug-likeness (QED) is 0.599. The molecular weight excluding hydrogens is 289 g/mol. The van der Waals surface area contributed by atoms with Crippen LogP contribution in [0.1, 0.15) is 70.3 Å². The largest absolute Gasteiger partial charge is 0.497 e. The summed E-state index contributed by atoms with van der Waals surface area (Å²) in [7, 11) is 1.53. The minimum absolute atomic E-state index is 0.313. The first kappa shape index (κ1) is 17.8. The zero-order chi connectivity index (χ0) is 16.7. The Bertz CT molecular complexity index is 541. The number of nitrogens with zero attached hydrogens (tertiary/aromatic N) is 1. The summed E-state index contributed by atoms with van der Waals surface area (Å²) in [4.78, 5) is 0. The van der Waals surface area contributed by atoms with E-state index >= 15 is 0 Å². The number of nitriles is 1. The van der Waals surface area contributed by atoms with E-state index in [1.165, 1.54) is 45.3 Å². The van der Waals surface area contributed by atoms with Gasteiger partial charge < -0.3 is 4.74 Å². The molecule has 0 aromatic heterocycles. The highest BCUT2D eigenvalue weighted by Crippen LogP contribution is 2.43. The molecule has 1 aromatic rings. The van der Waals surface area contributed by atoms with Crippen LogP contribution < -0.4 is 4.74 Å². The molecule has 23 heavy (non-hydrogen) atoms. The SMILES string of the molecule is CCCCCC[C@H]1CC[C@@](C#N)(c2ccc(OC)cc2F)CC1. The van der Waals surface area contributed by atoms with Crippen molar-refractivity contribution in [2.24, 2.45) is 5.92 Å². The van der Waals surface area contributed by atoms with Gasteiger partial charge in [-0.2, -0.15) is 5.26 Å². The first-order valence-corrected chi connectivity index (χ1v) is 8.90. The summed E-state index contributed by atoms with van der Waals surface area (Å²) in [6.07, 6.45) is 10.0. The maximum atomic E-state index is 14.4. The average molecular weight is 317 g/mol. The molecule has 2 rings (SSSR count). The molecule has 0 unspecified atom stereocenters. The van der Waals surface area contributed by atoms with Crippen LogP contribution in [0.25, 0.3) is 0 Å². The molecule has 1 saturated carbocycles. The average Bonchev–Trinajstić information content (AvgIpc) is 2.59. The molecule has 1 aromatic carbocycles. The summed E-state index contributed by atoms with van der Waals surface area (Å²) < 4.78 is 19.5. The van der Waals surface area contributed by atoms with Gasteiger partial charge in [-0.1, -0.05) is 45.1 Å². The Hall–Kier alpha value is -1.56. The van der Waals surface area contributed by atoms with Crippen LogP contribution >= 0.6 is 0 Å². The minimum atomic E-state index is -0.656. The number of rotatable bonds is 7. The lowest BCUT2D eigenvalue weighted by Gasteiger charge is -2.35. The molecule has 0 spiro atoms. The molecule has 126 valence electrons. The Morgan fingerprint density at radius 3 is 2.57 bits per heavy atom. The molecule has 0 radical (unpaired) electrons. The van der Waals surface area contributed by atoms with Gasteiger partial charge in [0.05, 0.1) is 18.6 Å². The molecule has 0 saturated heterocycles. The Morgan fingerprint density at radius 2 is 2.00 bits per heavy atom. The van der Waals surface area contributed by atoms with E-state index in [0.717, 1.165) is 25.7 Å². The topological polar surface area (TPSA) is 33.0 Å². The number of unbranched alkanes of at least 4 members (excludes halogenated alkanes) is 3. The molecule has 0 atom stereocenters. The number of ether oxygens (including phenoxy) is 1. The highest BCUT2D eigenvalue weighted by atomic mass is 19.1. The van der Waals surface area contributed by atoms with Crippen LogP contribution in [0.4, 0.5) is 4.39 Å². The maximum absolute atomic E-state index is 14.4. The van der Waals surface area contributed by atoms with E-state index < -0.39 is 5.41 Å². The second-order valence-electron chi connectivity index (χ2n) is 6.83. The van der Waals surface area contributed by atoms with Gasteiger partial charge in [-0.05, 0) is 37.7 Å². The lowest BCUT2D eigenvalue weighted by Crippen LogP contribution is -2.31. The molecular formula is C20H28FNO. The summed E-state index contributed by atoms with van der Waals surface area (Å²) in [5.74, 6) is 0.894. The lowest BCUT2D eigenvalue weighted by atomic mass is 9.66. The van der Waals surface area contributed by atoms with E-state index in [1.54, 1.807) is 12.1 Å². The summed E-state index contributed by atoms with van der Waals surface area (Å²) in [6.45, 7) is 2.23. The fraction of sp³-hybridized carbons (Fsp3) is 0.650. The van der Waals surface area contributed by atoms with Gasteiger partial charge in [0.15, 0.2) is 0 Å². The molecule has 0 bridgehead atoms. The summed E-state index contributed by atoms with van der Waals surface area (Å²) in [6, 6.07) is 7.32. The standard InChI is InChI=1S/C20H28FNO/c1-3-4-5-6-7-16-10-12-20(15-22,13-11-16)18-9-8-17(23-2)14-19(18)21/h8-9,14,16H,3-7,10-13H2,1-2H3/t16-,20+. The minimum Gasteiger partial charge on any atom is -0.497 e. The molecule has 0 aliphatic heterocycles. The predicted molar refractivity (Wildman–Crippen MR) is 91.0 cm³/mol. The van der Waals surface area contributed by atoms with Gasteiger partial charge in [0.25, 0.3) is 0 Å². The van der Waals surface area contributed by atoms with E-state index in [4.69, 9.17) is 4.74 Å². The van der Waals surface area contributed by atoms with Crippen molar-refractivity contribution >= 4 is 0 Å². The van der Waals surface area contributed by atoms with Gasteiger partial charge in [-0.3, -0.25) is 0 Å². The molecule has 2 nitrogen and oxygen atoms in total. The van der Waals surface area contributed by atoms with Crippen molar-refractivity contribution in [1.82, 2.24) is 0 Å². The van der Waals surface area contributed by atoms with Crippen LogP contribution in [-0.4, -0.2) is 7.11 Å². The Kier molecular flexibility index (Phi) is 6.45. The van der Waals surface area contributed by atoms with E-state index in [0.29, 0.717) is 17.2 Å². The van der Waals surface area contributed by atoms with Crippen LogP contribution in [0.15, 0.2) is 18.2 Å². The molecule has 3 heteroatoms. The summed E-state index contributed by atoms with van der Waals surface area (Å²) >= 11 is 0. The first-order valence-electron chi connectivity index (χ1n) is 8.90. The van der Waals surface area contributed by atoms with Crippen molar-refractivity contribution in [3.8, 4) is 11.8 Å². The van der Waals surface area contributed by atoms with Crippen molar-refractivity contribution in [3.05, 3.63) is 29.6 Å². The summed E-state index contributed by atoms with van der Waals surface area (Å²) in [5, 5.41) is 9.73.